The molecule has 3 aliphatic carbocycles. The minimum atomic E-state index is -2.88. The normalized spacial score (nSPS) is 28.6. The molecule has 6 atom stereocenters. The number of aliphatic hydroxyl groups is 4. The number of ketones is 1. The topological polar surface area (TPSA) is 259 Å². The first-order valence-corrected chi connectivity index (χ1v) is 15.6. The Kier molecular flexibility index (Phi) is 7.96. The van der Waals surface area contributed by atoms with Gasteiger partial charge in [0.25, 0.3) is 5.91 Å². The lowest BCUT2D eigenvalue weighted by atomic mass is 9.53. The number of benzene rings is 2. The Bertz CT molecular complexity index is 1910. The minimum absolute atomic E-state index is 0.106. The number of likely N-dealkylation sites (N-methyl/N-ethyl adjacent to an activating group) is 1. The van der Waals surface area contributed by atoms with Crippen LogP contribution in [0, 0.1) is 17.2 Å². The van der Waals surface area contributed by atoms with Crippen molar-refractivity contribution in [1.29, 1.82) is 5.41 Å². The van der Waals surface area contributed by atoms with Crippen LogP contribution in [0.3, 0.4) is 0 Å². The lowest BCUT2D eigenvalue weighted by molar-refractivity contribution is -0.151. The number of carbonyl (C=O) groups is 3. The van der Waals surface area contributed by atoms with Gasteiger partial charge in [-0.05, 0) is 68.6 Å². The first-order valence-electron chi connectivity index (χ1n) is 15.6. The molecular weight excluding hydrogens is 637 g/mol. The lowest BCUT2D eigenvalue weighted by Crippen LogP contribution is -2.71. The van der Waals surface area contributed by atoms with Crippen molar-refractivity contribution in [2.75, 3.05) is 31.3 Å². The second-order valence-electron chi connectivity index (χ2n) is 13.7. The third-order valence-electron chi connectivity index (χ3n) is 10.3. The van der Waals surface area contributed by atoms with Crippen LogP contribution in [0.5, 0.6) is 5.75 Å². The molecule has 1 heterocycles. The summed E-state index contributed by atoms with van der Waals surface area (Å²) in [7, 11) is 1.86. The van der Waals surface area contributed by atoms with Crippen LogP contribution in [-0.2, 0) is 24.6 Å². The number of carbonyl (C=O) groups excluding carboxylic acids is 3. The molecule has 0 aromatic heterocycles. The molecule has 258 valence electrons. The number of phenolic OH excluding ortho intramolecular Hbond substituents is 1. The Hall–Kier alpha value is -4.74. The van der Waals surface area contributed by atoms with Crippen molar-refractivity contribution in [1.82, 2.24) is 4.90 Å². The number of amides is 2. The zero-order valence-electron chi connectivity index (χ0n) is 27.4. The Labute approximate surface area is 281 Å². The van der Waals surface area contributed by atoms with Crippen molar-refractivity contribution < 1.29 is 49.6 Å². The monoisotopic (exact) mass is 675 g/mol. The summed E-state index contributed by atoms with van der Waals surface area (Å²) < 4.78 is 5.57. The number of fused-ring (bicyclic) bond motifs is 4. The number of hydrogen-bond donors (Lipinski definition) is 10. The van der Waals surface area contributed by atoms with Gasteiger partial charge in [-0.2, -0.15) is 0 Å². The van der Waals surface area contributed by atoms with Crippen LogP contribution < -0.4 is 21.8 Å². The van der Waals surface area contributed by atoms with Gasteiger partial charge in [-0.1, -0.05) is 19.1 Å². The van der Waals surface area contributed by atoms with E-state index < -0.39 is 99.9 Å². The average Bonchev–Trinajstić information content (AvgIpc) is 3.25. The van der Waals surface area contributed by atoms with Gasteiger partial charge in [-0.25, -0.2) is 0 Å². The molecule has 1 aliphatic heterocycles. The van der Waals surface area contributed by atoms with E-state index in [1.165, 1.54) is 31.1 Å². The van der Waals surface area contributed by atoms with Gasteiger partial charge in [0.1, 0.15) is 22.8 Å². The van der Waals surface area contributed by atoms with E-state index in [1.54, 1.807) is 25.1 Å². The van der Waals surface area contributed by atoms with E-state index in [9.17, 15) is 44.9 Å². The molecule has 15 nitrogen and oxygen atoms in total. The zero-order chi connectivity index (χ0) is 36.1. The van der Waals surface area contributed by atoms with Crippen molar-refractivity contribution in [3.05, 3.63) is 63.9 Å². The molecule has 0 spiro atoms. The SMILES string of the molecule is C[C@H]1c2ccc(NC(=O)CNc3ccc4c(c3)B(O)OC4(C)C)c(O)c2C(O)=C2C(=O)[C@]3(O)C(=N)C(C(N)=O)=C(O)[C@@H](N(C)C)[C@@H]3[C@@H](O)[C@@H]21. The number of nitrogens with one attached hydrogen (secondary N) is 3. The van der Waals surface area contributed by atoms with E-state index in [4.69, 9.17) is 15.8 Å². The van der Waals surface area contributed by atoms with Crippen molar-refractivity contribution in [3.63, 3.8) is 0 Å². The predicted octanol–water partition coefficient (Wildman–Crippen LogP) is -0.0501. The molecule has 0 bridgehead atoms. The number of rotatable bonds is 6. The van der Waals surface area contributed by atoms with Gasteiger partial charge >= 0.3 is 7.12 Å². The fourth-order valence-corrected chi connectivity index (χ4v) is 7.98. The summed E-state index contributed by atoms with van der Waals surface area (Å²) in [6.07, 6.45) is -1.64. The van der Waals surface area contributed by atoms with Gasteiger partial charge in [0.05, 0.1) is 47.2 Å². The maximum absolute atomic E-state index is 14.2. The molecule has 1 fully saturated rings. The molecule has 0 unspecified atom stereocenters. The van der Waals surface area contributed by atoms with E-state index in [0.717, 1.165) is 5.56 Å². The fraction of sp³-hybridized carbons (Fsp3) is 0.394. The number of nitrogens with two attached hydrogens (primary N) is 1. The van der Waals surface area contributed by atoms with Crippen LogP contribution in [0.15, 0.2) is 47.2 Å². The average molecular weight is 676 g/mol. The molecule has 4 aliphatic rings. The lowest BCUT2D eigenvalue weighted by Gasteiger charge is -2.54. The molecule has 2 aromatic rings. The molecule has 16 heteroatoms. The number of anilines is 2. The molecule has 49 heavy (non-hydrogen) atoms. The standard InChI is InChI=1S/C33H38BN5O10/c1-12-14-7-9-17(38-18(40)11-37-13-6-8-15-16(10-13)34(48)49-32(15,2)3)25(41)20(14)26(42)21-19(12)27(43)23-24(39(4)5)28(44)22(31(36)46)29(35)33(23,47)30(21)45/h6-10,12,19,23-24,27,35,37,41-44,47-48H,11H2,1-5H3,(H2,36,46)(H,38,40)/t12-,19+,23+,24-,27-,33+/m0/s1. The van der Waals surface area contributed by atoms with Gasteiger partial charge in [-0.15, -0.1) is 0 Å². The highest BCUT2D eigenvalue weighted by Crippen LogP contribution is 2.56. The number of nitrogens with zero attached hydrogens (tertiary/aromatic N) is 1. The van der Waals surface area contributed by atoms with Gasteiger partial charge < -0.3 is 57.0 Å². The molecule has 1 saturated carbocycles. The number of hydrogen-bond acceptors (Lipinski definition) is 13. The van der Waals surface area contributed by atoms with E-state index in [0.29, 0.717) is 16.7 Å². The highest BCUT2D eigenvalue weighted by molar-refractivity contribution is 6.62. The summed E-state index contributed by atoms with van der Waals surface area (Å²) in [5.41, 5.74) is 1.50. The smallest absolute Gasteiger partial charge is 0.492 e. The second-order valence-corrected chi connectivity index (χ2v) is 13.7. The third-order valence-corrected chi connectivity index (χ3v) is 10.3. The number of primary amides is 1. The van der Waals surface area contributed by atoms with Crippen LogP contribution in [-0.4, -0.2) is 104 Å². The molecule has 11 N–H and O–H groups in total. The highest BCUT2D eigenvalue weighted by atomic mass is 16.5. The number of aromatic hydroxyl groups is 1. The highest BCUT2D eigenvalue weighted by Gasteiger charge is 2.67. The molecule has 0 radical (unpaired) electrons. The summed E-state index contributed by atoms with van der Waals surface area (Å²) in [5.74, 6) is -8.55. The van der Waals surface area contributed by atoms with Crippen LogP contribution >= 0.6 is 0 Å². The van der Waals surface area contributed by atoms with Crippen molar-refractivity contribution >= 4 is 53.0 Å². The first kappa shape index (κ1) is 34.1. The minimum Gasteiger partial charge on any atom is -0.510 e. The van der Waals surface area contributed by atoms with E-state index >= 15 is 0 Å². The van der Waals surface area contributed by atoms with Crippen LogP contribution in [0.2, 0.25) is 0 Å². The van der Waals surface area contributed by atoms with E-state index in [2.05, 4.69) is 10.6 Å². The summed E-state index contributed by atoms with van der Waals surface area (Å²) in [4.78, 5) is 40.9. The summed E-state index contributed by atoms with van der Waals surface area (Å²) >= 11 is 0. The van der Waals surface area contributed by atoms with Gasteiger partial charge in [0, 0.05) is 17.2 Å². The Morgan fingerprint density at radius 2 is 1.82 bits per heavy atom. The summed E-state index contributed by atoms with van der Waals surface area (Å²) in [6, 6.07) is 6.82. The first-order chi connectivity index (χ1) is 22.8. The summed E-state index contributed by atoms with van der Waals surface area (Å²) in [6.45, 7) is 5.05. The molecule has 2 amide bonds. The number of phenols is 1. The maximum Gasteiger partial charge on any atom is 0.492 e. The van der Waals surface area contributed by atoms with E-state index in [1.807, 2.05) is 13.8 Å². The molecule has 0 saturated heterocycles. The fourth-order valence-electron chi connectivity index (χ4n) is 7.98. The quantitative estimate of drug-likeness (QED) is 0.143. The van der Waals surface area contributed by atoms with Gasteiger partial charge in [-0.3, -0.25) is 19.3 Å². The van der Waals surface area contributed by atoms with E-state index in [-0.39, 0.29) is 17.8 Å². The van der Waals surface area contributed by atoms with Gasteiger partial charge in [0.15, 0.2) is 5.60 Å². The number of Topliss-reactive ketones (excluding diaryl/α,β-unsaturated/α-hetero) is 1. The van der Waals surface area contributed by atoms with Crippen LogP contribution in [0.25, 0.3) is 5.76 Å². The second kappa shape index (κ2) is 11.4. The molecular formula is C33H38BN5O10. The molecule has 2 aromatic carbocycles. The predicted molar refractivity (Wildman–Crippen MR) is 178 cm³/mol. The largest absolute Gasteiger partial charge is 0.510 e. The van der Waals surface area contributed by atoms with Crippen LogP contribution in [0.1, 0.15) is 43.4 Å². The third kappa shape index (κ3) is 4.85. The zero-order valence-corrected chi connectivity index (χ0v) is 27.4. The van der Waals surface area contributed by atoms with Crippen molar-refractivity contribution in [2.24, 2.45) is 17.6 Å². The Morgan fingerprint density at radius 1 is 1.14 bits per heavy atom. The summed E-state index contributed by atoms with van der Waals surface area (Å²) in [5, 5.41) is 82.0. The molecule has 6 rings (SSSR count). The Morgan fingerprint density at radius 3 is 2.45 bits per heavy atom. The maximum atomic E-state index is 14.2. The number of aliphatic hydroxyl groups excluding tert-OH is 3. The van der Waals surface area contributed by atoms with Gasteiger partial charge in [0.2, 0.25) is 11.7 Å². The van der Waals surface area contributed by atoms with Crippen LogP contribution in [0.4, 0.5) is 11.4 Å². The van der Waals surface area contributed by atoms with Crippen molar-refractivity contribution in [2.45, 2.75) is 50.0 Å². The van der Waals surface area contributed by atoms with Crippen molar-refractivity contribution in [3.8, 4) is 5.75 Å². The Balaban J connectivity index is 1.32.